The van der Waals surface area contributed by atoms with Crippen LogP contribution in [0.3, 0.4) is 0 Å². The first kappa shape index (κ1) is 8.59. The molecular formula is C6H14N2O. The normalized spacial score (nSPS) is 13.2. The Balaban J connectivity index is 3.45. The van der Waals surface area contributed by atoms with Gasteiger partial charge in [0.2, 0.25) is 0 Å². The van der Waals surface area contributed by atoms with E-state index < -0.39 is 6.10 Å². The van der Waals surface area contributed by atoms with Crippen LogP contribution in [0.1, 0.15) is 19.8 Å². The maximum absolute atomic E-state index is 9.01. The summed E-state index contributed by atoms with van der Waals surface area (Å²) < 4.78 is 0. The van der Waals surface area contributed by atoms with Crippen molar-refractivity contribution < 1.29 is 5.11 Å². The SMILES string of the molecule is CCC(=N)C(O)CCN. The number of nitrogens with two attached hydrogens (primary N) is 1. The molecule has 0 saturated carbocycles. The average molecular weight is 130 g/mol. The van der Waals surface area contributed by atoms with Gasteiger partial charge in [-0.3, -0.25) is 0 Å². The van der Waals surface area contributed by atoms with Gasteiger partial charge < -0.3 is 16.2 Å². The first-order valence-electron chi connectivity index (χ1n) is 3.17. The topological polar surface area (TPSA) is 70.1 Å². The highest BCUT2D eigenvalue weighted by Gasteiger charge is 2.05. The van der Waals surface area contributed by atoms with Crippen LogP contribution in [0, 0.1) is 5.41 Å². The molecule has 1 unspecified atom stereocenters. The number of aliphatic hydroxyl groups excluding tert-OH is 1. The molecule has 0 spiro atoms. The summed E-state index contributed by atoms with van der Waals surface area (Å²) in [5.41, 5.74) is 5.54. The number of aliphatic hydroxyl groups is 1. The summed E-state index contributed by atoms with van der Waals surface area (Å²) in [4.78, 5) is 0. The predicted molar refractivity (Wildman–Crippen MR) is 37.7 cm³/mol. The van der Waals surface area contributed by atoms with Crippen LogP contribution in [0.4, 0.5) is 0 Å². The Morgan fingerprint density at radius 3 is 2.67 bits per heavy atom. The molecule has 3 heteroatoms. The fraction of sp³-hybridized carbons (Fsp3) is 0.833. The van der Waals surface area contributed by atoms with Crippen LogP contribution in [0.5, 0.6) is 0 Å². The minimum Gasteiger partial charge on any atom is -0.387 e. The monoisotopic (exact) mass is 130 g/mol. The molecule has 0 bridgehead atoms. The van der Waals surface area contributed by atoms with Crippen LogP contribution in [-0.2, 0) is 0 Å². The van der Waals surface area contributed by atoms with Gasteiger partial charge in [0, 0.05) is 5.71 Å². The van der Waals surface area contributed by atoms with Crippen molar-refractivity contribution in [3.8, 4) is 0 Å². The summed E-state index contributed by atoms with van der Waals surface area (Å²) in [5.74, 6) is 0. The number of rotatable bonds is 4. The number of hydrogen-bond acceptors (Lipinski definition) is 3. The van der Waals surface area contributed by atoms with E-state index in [0.29, 0.717) is 25.1 Å². The van der Waals surface area contributed by atoms with Gasteiger partial charge in [-0.2, -0.15) is 0 Å². The zero-order chi connectivity index (χ0) is 7.28. The lowest BCUT2D eigenvalue weighted by Gasteiger charge is -2.07. The summed E-state index contributed by atoms with van der Waals surface area (Å²) in [6.45, 7) is 2.30. The van der Waals surface area contributed by atoms with Crippen molar-refractivity contribution in [2.75, 3.05) is 6.54 Å². The zero-order valence-electron chi connectivity index (χ0n) is 5.72. The fourth-order valence-electron chi connectivity index (χ4n) is 0.568. The Morgan fingerprint density at radius 1 is 1.78 bits per heavy atom. The summed E-state index contributed by atoms with van der Waals surface area (Å²) in [5, 5.41) is 16.2. The van der Waals surface area contributed by atoms with Crippen LogP contribution < -0.4 is 5.73 Å². The first-order chi connectivity index (χ1) is 4.22. The van der Waals surface area contributed by atoms with E-state index >= 15 is 0 Å². The summed E-state index contributed by atoms with van der Waals surface area (Å²) in [6.07, 6.45) is 0.508. The van der Waals surface area contributed by atoms with Crippen LogP contribution in [0.2, 0.25) is 0 Å². The van der Waals surface area contributed by atoms with Crippen molar-refractivity contribution in [3.05, 3.63) is 0 Å². The van der Waals surface area contributed by atoms with Crippen molar-refractivity contribution >= 4 is 5.71 Å². The van der Waals surface area contributed by atoms with Gasteiger partial charge in [0.15, 0.2) is 0 Å². The maximum atomic E-state index is 9.01. The molecule has 54 valence electrons. The third-order valence-electron chi connectivity index (χ3n) is 1.22. The highest BCUT2D eigenvalue weighted by atomic mass is 16.3. The minimum absolute atomic E-state index is 0.375. The molecule has 0 amide bonds. The molecule has 0 heterocycles. The number of hydrogen-bond donors (Lipinski definition) is 3. The van der Waals surface area contributed by atoms with Gasteiger partial charge in [-0.15, -0.1) is 0 Å². The maximum Gasteiger partial charge on any atom is 0.0925 e. The van der Waals surface area contributed by atoms with Gasteiger partial charge in [-0.05, 0) is 19.4 Å². The zero-order valence-corrected chi connectivity index (χ0v) is 5.72. The second-order valence-corrected chi connectivity index (χ2v) is 1.97. The van der Waals surface area contributed by atoms with Crippen molar-refractivity contribution in [2.45, 2.75) is 25.9 Å². The van der Waals surface area contributed by atoms with E-state index in [-0.39, 0.29) is 0 Å². The van der Waals surface area contributed by atoms with Crippen LogP contribution in [-0.4, -0.2) is 23.5 Å². The molecule has 1 atom stereocenters. The second-order valence-electron chi connectivity index (χ2n) is 1.97. The van der Waals surface area contributed by atoms with E-state index in [9.17, 15) is 0 Å². The van der Waals surface area contributed by atoms with Gasteiger partial charge >= 0.3 is 0 Å². The van der Waals surface area contributed by atoms with Crippen LogP contribution in [0.25, 0.3) is 0 Å². The van der Waals surface area contributed by atoms with Gasteiger partial charge in [-0.25, -0.2) is 0 Å². The molecule has 0 aliphatic rings. The highest BCUT2D eigenvalue weighted by molar-refractivity contribution is 5.85. The molecule has 0 fully saturated rings. The van der Waals surface area contributed by atoms with Gasteiger partial charge in [0.25, 0.3) is 0 Å². The molecular weight excluding hydrogens is 116 g/mol. The van der Waals surface area contributed by atoms with E-state index in [4.69, 9.17) is 16.2 Å². The summed E-state index contributed by atoms with van der Waals surface area (Å²) in [7, 11) is 0. The third kappa shape index (κ3) is 3.21. The lowest BCUT2D eigenvalue weighted by atomic mass is 10.1. The van der Waals surface area contributed by atoms with E-state index in [1.807, 2.05) is 6.92 Å². The molecule has 4 N–H and O–H groups in total. The summed E-state index contributed by atoms with van der Waals surface area (Å²) >= 11 is 0. The fourth-order valence-corrected chi connectivity index (χ4v) is 0.568. The molecule has 0 aromatic carbocycles. The summed E-state index contributed by atoms with van der Waals surface area (Å²) in [6, 6.07) is 0. The largest absolute Gasteiger partial charge is 0.387 e. The van der Waals surface area contributed by atoms with Crippen LogP contribution >= 0.6 is 0 Å². The van der Waals surface area contributed by atoms with Crippen LogP contribution in [0.15, 0.2) is 0 Å². The van der Waals surface area contributed by atoms with E-state index in [0.717, 1.165) is 0 Å². The molecule has 0 aromatic heterocycles. The van der Waals surface area contributed by atoms with Gasteiger partial charge in [-0.1, -0.05) is 6.92 Å². The Hall–Kier alpha value is -0.410. The molecule has 0 radical (unpaired) electrons. The van der Waals surface area contributed by atoms with Crippen molar-refractivity contribution in [1.29, 1.82) is 5.41 Å². The first-order valence-corrected chi connectivity index (χ1v) is 3.17. The molecule has 9 heavy (non-hydrogen) atoms. The lowest BCUT2D eigenvalue weighted by Crippen LogP contribution is -2.22. The Kier molecular flexibility index (Phi) is 4.26. The van der Waals surface area contributed by atoms with E-state index in [1.165, 1.54) is 0 Å². The average Bonchev–Trinajstić information content (AvgIpc) is 1.87. The lowest BCUT2D eigenvalue weighted by molar-refractivity contribution is 0.230. The highest BCUT2D eigenvalue weighted by Crippen LogP contribution is 1.94. The molecule has 3 nitrogen and oxygen atoms in total. The Labute approximate surface area is 55.4 Å². The molecule has 0 aliphatic carbocycles. The van der Waals surface area contributed by atoms with E-state index in [2.05, 4.69) is 0 Å². The Morgan fingerprint density at radius 2 is 2.33 bits per heavy atom. The van der Waals surface area contributed by atoms with Gasteiger partial charge in [0.1, 0.15) is 0 Å². The number of nitrogens with one attached hydrogen (secondary N) is 1. The molecule has 0 rings (SSSR count). The van der Waals surface area contributed by atoms with E-state index in [1.54, 1.807) is 0 Å². The van der Waals surface area contributed by atoms with Gasteiger partial charge in [0.05, 0.1) is 6.10 Å². The molecule has 0 aromatic rings. The molecule has 0 aliphatic heterocycles. The minimum atomic E-state index is -0.611. The second kappa shape index (κ2) is 4.47. The smallest absolute Gasteiger partial charge is 0.0925 e. The quantitative estimate of drug-likeness (QED) is 0.473. The standard InChI is InChI=1S/C6H14N2O/c1-2-5(8)6(9)3-4-7/h6,8-9H,2-4,7H2,1H3. The molecule has 0 saturated heterocycles. The van der Waals surface area contributed by atoms with Crippen molar-refractivity contribution in [3.63, 3.8) is 0 Å². The predicted octanol–water partition coefficient (Wildman–Crippen LogP) is 0.126. The van der Waals surface area contributed by atoms with Crippen molar-refractivity contribution in [2.24, 2.45) is 5.73 Å². The third-order valence-corrected chi connectivity index (χ3v) is 1.22. The van der Waals surface area contributed by atoms with Crippen molar-refractivity contribution in [1.82, 2.24) is 0 Å². The Bertz CT molecular complexity index is 93.1.